The molecule has 0 aromatic carbocycles. The second-order valence-corrected chi connectivity index (χ2v) is 2.73. The minimum absolute atomic E-state index is 0.232. The molecule has 0 saturated carbocycles. The molecule has 1 N–H and O–H groups in total. The van der Waals surface area contributed by atoms with E-state index in [1.165, 1.54) is 0 Å². The summed E-state index contributed by atoms with van der Waals surface area (Å²) < 4.78 is 5.34. The molecule has 2 heteroatoms. The Labute approximate surface area is 63.2 Å². The molecule has 0 heterocycles. The van der Waals surface area contributed by atoms with Gasteiger partial charge in [-0.05, 0) is 26.7 Å². The van der Waals surface area contributed by atoms with Gasteiger partial charge in [-0.2, -0.15) is 0 Å². The average Bonchev–Trinajstić information content (AvgIpc) is 1.87. The molecule has 0 aliphatic heterocycles. The highest BCUT2D eigenvalue weighted by Gasteiger charge is 1.99. The largest absolute Gasteiger partial charge is 0.393 e. The summed E-state index contributed by atoms with van der Waals surface area (Å²) in [4.78, 5) is 0. The molecule has 0 rings (SSSR count). The molecule has 0 saturated heterocycles. The summed E-state index contributed by atoms with van der Waals surface area (Å²) in [7, 11) is 0. The Kier molecular flexibility index (Phi) is 5.64. The van der Waals surface area contributed by atoms with Crippen LogP contribution in [0, 0.1) is 0 Å². The second kappa shape index (κ2) is 5.69. The molecule has 2 nitrogen and oxygen atoms in total. The van der Waals surface area contributed by atoms with Crippen LogP contribution in [0.2, 0.25) is 0 Å². The number of aliphatic hydroxyl groups is 1. The molecule has 2 atom stereocenters. The molecule has 0 fully saturated rings. The molecule has 0 radical (unpaired) electrons. The smallest absolute Gasteiger partial charge is 0.0544 e. The molecule has 0 amide bonds. The highest BCUT2D eigenvalue weighted by atomic mass is 16.5. The van der Waals surface area contributed by atoms with Gasteiger partial charge in [-0.1, -0.05) is 6.92 Å². The Morgan fingerprint density at radius 3 is 2.40 bits per heavy atom. The van der Waals surface area contributed by atoms with Crippen LogP contribution in [0.15, 0.2) is 0 Å². The Morgan fingerprint density at radius 2 is 2.00 bits per heavy atom. The maximum Gasteiger partial charge on any atom is 0.0544 e. The maximum absolute atomic E-state index is 8.86. The average molecular weight is 146 g/mol. The van der Waals surface area contributed by atoms with Gasteiger partial charge in [0.1, 0.15) is 0 Å². The Bertz CT molecular complexity index is 71.7. The van der Waals surface area contributed by atoms with Gasteiger partial charge in [0.15, 0.2) is 0 Å². The number of ether oxygens (including phenoxy) is 1. The van der Waals surface area contributed by atoms with Crippen LogP contribution < -0.4 is 0 Å². The van der Waals surface area contributed by atoms with Gasteiger partial charge in [-0.3, -0.25) is 0 Å². The molecule has 0 aromatic heterocycles. The van der Waals surface area contributed by atoms with Crippen LogP contribution >= 0.6 is 0 Å². The van der Waals surface area contributed by atoms with E-state index in [1.807, 2.05) is 6.92 Å². The lowest BCUT2D eigenvalue weighted by Crippen LogP contribution is -2.11. The first-order valence-corrected chi connectivity index (χ1v) is 3.96. The Hall–Kier alpha value is -0.0800. The van der Waals surface area contributed by atoms with E-state index in [0.29, 0.717) is 12.7 Å². The predicted octanol–water partition coefficient (Wildman–Crippen LogP) is 1.57. The van der Waals surface area contributed by atoms with Crippen LogP contribution in [0.25, 0.3) is 0 Å². The van der Waals surface area contributed by atoms with Gasteiger partial charge in [0.25, 0.3) is 0 Å². The van der Waals surface area contributed by atoms with E-state index < -0.39 is 0 Å². The van der Waals surface area contributed by atoms with Crippen molar-refractivity contribution in [3.8, 4) is 0 Å². The zero-order valence-electron chi connectivity index (χ0n) is 7.13. The standard InChI is InChI=1S/C8H18O2/c1-4-8(3)10-6-5-7(2)9/h7-9H,4-6H2,1-3H3. The van der Waals surface area contributed by atoms with Crippen molar-refractivity contribution >= 4 is 0 Å². The fourth-order valence-corrected chi connectivity index (χ4v) is 0.558. The van der Waals surface area contributed by atoms with Gasteiger partial charge in [-0.15, -0.1) is 0 Å². The van der Waals surface area contributed by atoms with Crippen molar-refractivity contribution in [3.05, 3.63) is 0 Å². The number of rotatable bonds is 5. The monoisotopic (exact) mass is 146 g/mol. The Morgan fingerprint density at radius 1 is 1.40 bits per heavy atom. The third kappa shape index (κ3) is 6.05. The molecule has 0 aliphatic rings. The highest BCUT2D eigenvalue weighted by Crippen LogP contribution is 1.98. The van der Waals surface area contributed by atoms with Gasteiger partial charge in [-0.25, -0.2) is 0 Å². The van der Waals surface area contributed by atoms with Crippen molar-refractivity contribution in [3.63, 3.8) is 0 Å². The normalized spacial score (nSPS) is 16.8. The third-order valence-corrected chi connectivity index (χ3v) is 1.51. The third-order valence-electron chi connectivity index (χ3n) is 1.51. The van der Waals surface area contributed by atoms with E-state index in [0.717, 1.165) is 12.8 Å². The minimum atomic E-state index is -0.232. The van der Waals surface area contributed by atoms with E-state index in [2.05, 4.69) is 6.92 Å². The van der Waals surface area contributed by atoms with Crippen molar-refractivity contribution < 1.29 is 9.84 Å². The number of hydrogen-bond donors (Lipinski definition) is 1. The minimum Gasteiger partial charge on any atom is -0.393 e. The van der Waals surface area contributed by atoms with Crippen LogP contribution in [0.1, 0.15) is 33.6 Å². The van der Waals surface area contributed by atoms with Crippen molar-refractivity contribution in [2.75, 3.05) is 6.61 Å². The zero-order chi connectivity index (χ0) is 7.98. The molecule has 0 bridgehead atoms. The van der Waals surface area contributed by atoms with Crippen LogP contribution in [0.5, 0.6) is 0 Å². The molecular formula is C8H18O2. The van der Waals surface area contributed by atoms with E-state index in [-0.39, 0.29) is 6.10 Å². The molecule has 0 spiro atoms. The van der Waals surface area contributed by atoms with E-state index >= 15 is 0 Å². The lowest BCUT2D eigenvalue weighted by molar-refractivity contribution is 0.0399. The molecule has 10 heavy (non-hydrogen) atoms. The van der Waals surface area contributed by atoms with Crippen molar-refractivity contribution in [1.29, 1.82) is 0 Å². The molecular weight excluding hydrogens is 128 g/mol. The van der Waals surface area contributed by atoms with Gasteiger partial charge >= 0.3 is 0 Å². The number of aliphatic hydroxyl groups excluding tert-OH is 1. The predicted molar refractivity (Wildman–Crippen MR) is 42.0 cm³/mol. The first-order valence-electron chi connectivity index (χ1n) is 3.96. The summed E-state index contributed by atoms with van der Waals surface area (Å²) in [5.74, 6) is 0. The lowest BCUT2D eigenvalue weighted by Gasteiger charge is -2.10. The highest BCUT2D eigenvalue weighted by molar-refractivity contribution is 4.48. The van der Waals surface area contributed by atoms with Crippen LogP contribution in [0.4, 0.5) is 0 Å². The molecule has 62 valence electrons. The van der Waals surface area contributed by atoms with Crippen molar-refractivity contribution in [2.24, 2.45) is 0 Å². The van der Waals surface area contributed by atoms with E-state index in [4.69, 9.17) is 9.84 Å². The zero-order valence-corrected chi connectivity index (χ0v) is 7.13. The van der Waals surface area contributed by atoms with Crippen molar-refractivity contribution in [1.82, 2.24) is 0 Å². The molecule has 0 aromatic rings. The number of hydrogen-bond acceptors (Lipinski definition) is 2. The lowest BCUT2D eigenvalue weighted by atomic mass is 10.3. The Balaban J connectivity index is 3.03. The summed E-state index contributed by atoms with van der Waals surface area (Å²) in [6.45, 7) is 6.59. The van der Waals surface area contributed by atoms with Gasteiger partial charge in [0, 0.05) is 6.61 Å². The fraction of sp³-hybridized carbons (Fsp3) is 1.00. The van der Waals surface area contributed by atoms with Gasteiger partial charge in [0.05, 0.1) is 12.2 Å². The second-order valence-electron chi connectivity index (χ2n) is 2.73. The quantitative estimate of drug-likeness (QED) is 0.638. The summed E-state index contributed by atoms with van der Waals surface area (Å²) >= 11 is 0. The van der Waals surface area contributed by atoms with Crippen LogP contribution in [0.3, 0.4) is 0 Å². The van der Waals surface area contributed by atoms with Crippen molar-refractivity contribution in [2.45, 2.75) is 45.8 Å². The maximum atomic E-state index is 8.86. The fourth-order valence-electron chi connectivity index (χ4n) is 0.558. The van der Waals surface area contributed by atoms with E-state index in [9.17, 15) is 0 Å². The summed E-state index contributed by atoms with van der Waals surface area (Å²) in [6, 6.07) is 0. The first-order chi connectivity index (χ1) is 4.66. The van der Waals surface area contributed by atoms with Gasteiger partial charge in [0.2, 0.25) is 0 Å². The van der Waals surface area contributed by atoms with Crippen LogP contribution in [-0.2, 0) is 4.74 Å². The molecule has 0 aliphatic carbocycles. The summed E-state index contributed by atoms with van der Waals surface area (Å²) in [5, 5.41) is 8.86. The van der Waals surface area contributed by atoms with Gasteiger partial charge < -0.3 is 9.84 Å². The van der Waals surface area contributed by atoms with E-state index in [1.54, 1.807) is 6.92 Å². The summed E-state index contributed by atoms with van der Waals surface area (Å²) in [5.41, 5.74) is 0. The summed E-state index contributed by atoms with van der Waals surface area (Å²) in [6.07, 6.45) is 1.88. The van der Waals surface area contributed by atoms with Crippen LogP contribution in [-0.4, -0.2) is 23.9 Å². The SMILES string of the molecule is CCC(C)OCCC(C)O. The first kappa shape index (κ1) is 9.92. The topological polar surface area (TPSA) is 29.5 Å². The molecule has 2 unspecified atom stereocenters.